The van der Waals surface area contributed by atoms with E-state index in [1.54, 1.807) is 54.6 Å². The largest absolute Gasteiger partial charge is 0.493 e. The van der Waals surface area contributed by atoms with Gasteiger partial charge in [0.25, 0.3) is 0 Å². The van der Waals surface area contributed by atoms with Gasteiger partial charge in [-0.1, -0.05) is 70.6 Å². The number of rotatable bonds is 7. The number of thioether (sulfide) groups is 1. The fourth-order valence-electron chi connectivity index (χ4n) is 5.41. The summed E-state index contributed by atoms with van der Waals surface area (Å²) < 4.78 is 12.3. The molecule has 9 nitrogen and oxygen atoms in total. The second-order valence-corrected chi connectivity index (χ2v) is 12.7. The number of anilines is 2. The maximum absolute atomic E-state index is 14.0. The molecule has 0 bridgehead atoms. The lowest BCUT2D eigenvalue weighted by Crippen LogP contribution is -2.33. The van der Waals surface area contributed by atoms with Crippen LogP contribution in [0.15, 0.2) is 76.6 Å². The number of nitrogens with one attached hydrogen (secondary N) is 1. The minimum Gasteiger partial charge on any atom is -0.493 e. The average Bonchev–Trinajstić information content (AvgIpc) is 3.45. The van der Waals surface area contributed by atoms with Crippen LogP contribution in [0, 0.1) is 5.92 Å². The number of aromatic nitrogens is 1. The van der Waals surface area contributed by atoms with Gasteiger partial charge in [-0.05, 0) is 48.0 Å². The van der Waals surface area contributed by atoms with Crippen LogP contribution in [-0.2, 0) is 20.9 Å². The lowest BCUT2D eigenvalue weighted by Gasteiger charge is -2.31. The van der Waals surface area contributed by atoms with Gasteiger partial charge in [0, 0.05) is 16.5 Å². The number of fused-ring (bicyclic) bond motifs is 2. The third-order valence-corrected chi connectivity index (χ3v) is 10.7. The first kappa shape index (κ1) is 29.3. The molecule has 0 aliphatic carbocycles. The van der Waals surface area contributed by atoms with Crippen molar-refractivity contribution in [3.05, 3.63) is 96.9 Å². The molecule has 0 radical (unpaired) electrons. The summed E-state index contributed by atoms with van der Waals surface area (Å²) in [5, 5.41) is 3.00. The zero-order valence-corrected chi connectivity index (χ0v) is 25.9. The Labute approximate surface area is 264 Å². The standard InChI is InChI=1S/C30H23Cl2N3O6S2/c1-40-20-11-8-15(12-21(20)41-2)23-24-25(28(38)35(27(24)37)17-6-4-3-5-7-17)42-29-26(23)43-30(39)34(29)14-22(36)33-16-9-10-18(31)19(32)13-16/h3-13,23-25H,14H2,1-2H3,(H,33,36)/t23-,24?,25?/m1/s1. The van der Waals surface area contributed by atoms with Crippen LogP contribution in [0.1, 0.15) is 16.4 Å². The molecule has 1 N–H and O–H groups in total. The van der Waals surface area contributed by atoms with Crippen LogP contribution in [0.5, 0.6) is 11.5 Å². The molecule has 0 saturated carbocycles. The number of nitrogens with zero attached hydrogens (tertiary/aromatic N) is 2. The third-order valence-electron chi connectivity index (χ3n) is 7.34. The van der Waals surface area contributed by atoms with Gasteiger partial charge in [0.2, 0.25) is 17.7 Å². The van der Waals surface area contributed by atoms with Gasteiger partial charge in [-0.25, -0.2) is 4.90 Å². The molecule has 220 valence electrons. The Morgan fingerprint density at radius 3 is 2.35 bits per heavy atom. The molecule has 3 heterocycles. The molecular weight excluding hydrogens is 633 g/mol. The van der Waals surface area contributed by atoms with Gasteiger partial charge in [-0.15, -0.1) is 0 Å². The monoisotopic (exact) mass is 655 g/mol. The normalized spacial score (nSPS) is 19.2. The summed E-state index contributed by atoms with van der Waals surface area (Å²) in [6.45, 7) is -0.307. The second kappa shape index (κ2) is 11.7. The summed E-state index contributed by atoms with van der Waals surface area (Å²) in [7, 11) is 3.03. The van der Waals surface area contributed by atoms with Gasteiger partial charge >= 0.3 is 4.87 Å². The molecule has 3 aromatic carbocycles. The Bertz CT molecular complexity index is 1830. The van der Waals surface area contributed by atoms with Gasteiger partial charge in [0.05, 0.1) is 40.9 Å². The number of thiazole rings is 1. The molecule has 0 spiro atoms. The number of carbonyl (C=O) groups is 3. The zero-order chi connectivity index (χ0) is 30.4. The predicted molar refractivity (Wildman–Crippen MR) is 167 cm³/mol. The van der Waals surface area contributed by atoms with Crippen LogP contribution >= 0.6 is 46.3 Å². The summed E-state index contributed by atoms with van der Waals surface area (Å²) in [5.41, 5.74) is 1.57. The fraction of sp³-hybridized carbons (Fsp3) is 0.200. The maximum Gasteiger partial charge on any atom is 0.308 e. The van der Waals surface area contributed by atoms with Gasteiger partial charge in [-0.2, -0.15) is 0 Å². The summed E-state index contributed by atoms with van der Waals surface area (Å²) >= 11 is 14.2. The molecule has 6 rings (SSSR count). The molecule has 43 heavy (non-hydrogen) atoms. The van der Waals surface area contributed by atoms with Crippen molar-refractivity contribution in [2.24, 2.45) is 5.92 Å². The van der Waals surface area contributed by atoms with Gasteiger partial charge in [-0.3, -0.25) is 23.7 Å². The predicted octanol–water partition coefficient (Wildman–Crippen LogP) is 5.67. The van der Waals surface area contributed by atoms with E-state index in [-0.39, 0.29) is 28.3 Å². The Kier molecular flexibility index (Phi) is 7.99. The van der Waals surface area contributed by atoms with E-state index in [9.17, 15) is 19.2 Å². The van der Waals surface area contributed by atoms with Crippen molar-refractivity contribution in [1.82, 2.24) is 4.57 Å². The van der Waals surface area contributed by atoms with Crippen molar-refractivity contribution in [3.8, 4) is 11.5 Å². The van der Waals surface area contributed by atoms with E-state index in [2.05, 4.69) is 5.32 Å². The highest BCUT2D eigenvalue weighted by Crippen LogP contribution is 2.54. The zero-order valence-electron chi connectivity index (χ0n) is 22.7. The highest BCUT2D eigenvalue weighted by molar-refractivity contribution is 8.00. The lowest BCUT2D eigenvalue weighted by atomic mass is 9.83. The number of hydrogen-bond donors (Lipinski definition) is 1. The van der Waals surface area contributed by atoms with Crippen molar-refractivity contribution >= 4 is 75.4 Å². The molecule has 3 amide bonds. The number of para-hydroxylation sites is 1. The summed E-state index contributed by atoms with van der Waals surface area (Å²) in [5.74, 6) is -1.70. The van der Waals surface area contributed by atoms with E-state index < -0.39 is 23.0 Å². The highest BCUT2D eigenvalue weighted by atomic mass is 35.5. The number of hydrogen-bond acceptors (Lipinski definition) is 8. The molecule has 1 aromatic heterocycles. The minimum atomic E-state index is -0.823. The van der Waals surface area contributed by atoms with Crippen molar-refractivity contribution in [2.75, 3.05) is 24.4 Å². The highest BCUT2D eigenvalue weighted by Gasteiger charge is 2.57. The van der Waals surface area contributed by atoms with Crippen LogP contribution in [0.25, 0.3) is 0 Å². The van der Waals surface area contributed by atoms with E-state index in [0.29, 0.717) is 43.4 Å². The van der Waals surface area contributed by atoms with Crippen LogP contribution in [0.3, 0.4) is 0 Å². The molecule has 4 aromatic rings. The number of methoxy groups -OCH3 is 2. The first-order chi connectivity index (χ1) is 20.7. The summed E-state index contributed by atoms with van der Waals surface area (Å²) in [6.07, 6.45) is 0. The van der Waals surface area contributed by atoms with Crippen molar-refractivity contribution in [3.63, 3.8) is 0 Å². The van der Waals surface area contributed by atoms with Crippen molar-refractivity contribution < 1.29 is 23.9 Å². The summed E-state index contributed by atoms with van der Waals surface area (Å²) in [6, 6.07) is 18.7. The van der Waals surface area contributed by atoms with E-state index in [4.69, 9.17) is 32.7 Å². The van der Waals surface area contributed by atoms with E-state index in [1.165, 1.54) is 29.8 Å². The summed E-state index contributed by atoms with van der Waals surface area (Å²) in [4.78, 5) is 55.8. The molecule has 13 heteroatoms. The van der Waals surface area contributed by atoms with Crippen molar-refractivity contribution in [2.45, 2.75) is 22.7 Å². The molecule has 2 unspecified atom stereocenters. The SMILES string of the molecule is COc1ccc([C@H]2c3sc(=O)n(CC(=O)Nc4ccc(Cl)c(Cl)c4)c3SC3C(=O)N(c4ccccc4)C(=O)C32)cc1OC. The van der Waals surface area contributed by atoms with Crippen LogP contribution in [-0.4, -0.2) is 41.8 Å². The Morgan fingerprint density at radius 2 is 1.65 bits per heavy atom. The minimum absolute atomic E-state index is 0.274. The molecule has 2 aliphatic rings. The number of carbonyl (C=O) groups excluding carboxylic acids is 3. The lowest BCUT2D eigenvalue weighted by molar-refractivity contribution is -0.122. The van der Waals surface area contributed by atoms with E-state index in [1.807, 2.05) is 6.07 Å². The first-order valence-corrected chi connectivity index (χ1v) is 15.5. The quantitative estimate of drug-likeness (QED) is 0.256. The maximum atomic E-state index is 14.0. The van der Waals surface area contributed by atoms with E-state index in [0.717, 1.165) is 23.1 Å². The van der Waals surface area contributed by atoms with Crippen LogP contribution in [0.2, 0.25) is 10.0 Å². The first-order valence-electron chi connectivity index (χ1n) is 13.0. The van der Waals surface area contributed by atoms with Gasteiger partial charge in [0.15, 0.2) is 11.5 Å². The van der Waals surface area contributed by atoms with Crippen LogP contribution < -0.4 is 24.6 Å². The molecular formula is C30H23Cl2N3O6S2. The third kappa shape index (κ3) is 5.20. The van der Waals surface area contributed by atoms with Gasteiger partial charge in [0.1, 0.15) is 11.8 Å². The number of imide groups is 1. The van der Waals surface area contributed by atoms with E-state index >= 15 is 0 Å². The van der Waals surface area contributed by atoms with Crippen LogP contribution in [0.4, 0.5) is 11.4 Å². The Morgan fingerprint density at radius 1 is 0.907 bits per heavy atom. The second-order valence-electron chi connectivity index (χ2n) is 9.80. The average molecular weight is 657 g/mol. The smallest absolute Gasteiger partial charge is 0.308 e. The van der Waals surface area contributed by atoms with Gasteiger partial charge < -0.3 is 14.8 Å². The molecule has 2 aliphatic heterocycles. The number of halogens is 2. The number of ether oxygens (including phenoxy) is 2. The molecule has 1 saturated heterocycles. The Hall–Kier alpha value is -3.77. The molecule has 1 fully saturated rings. The topological polar surface area (TPSA) is 107 Å². The fourth-order valence-corrected chi connectivity index (χ4v) is 8.48. The number of benzene rings is 3. The van der Waals surface area contributed by atoms with Crippen molar-refractivity contribution in [1.29, 1.82) is 0 Å². The molecule has 3 atom stereocenters. The Balaban J connectivity index is 1.43. The number of amides is 3.